The molecule has 6 nitrogen and oxygen atoms in total. The number of anilines is 1. The zero-order valence-electron chi connectivity index (χ0n) is 14.1. The van der Waals surface area contributed by atoms with Crippen molar-refractivity contribution in [1.29, 1.82) is 0 Å². The molecule has 4 rings (SSSR count). The number of aromatic nitrogens is 3. The number of nitrogen functional groups attached to an aromatic ring is 1. The van der Waals surface area contributed by atoms with Crippen LogP contribution in [0.2, 0.25) is 5.02 Å². The monoisotopic (exact) mass is 398 g/mol. The van der Waals surface area contributed by atoms with Crippen LogP contribution in [-0.2, 0) is 15.6 Å². The van der Waals surface area contributed by atoms with Crippen molar-refractivity contribution in [3.05, 3.63) is 77.4 Å². The lowest BCUT2D eigenvalue weighted by atomic mass is 10.1. The fourth-order valence-electron chi connectivity index (χ4n) is 2.82. The topological polar surface area (TPSA) is 90.3 Å². The minimum Gasteiger partial charge on any atom is -0.384 e. The minimum absolute atomic E-state index is 0.193. The van der Waals surface area contributed by atoms with Gasteiger partial charge < -0.3 is 5.73 Å². The molecule has 0 aliphatic rings. The highest BCUT2D eigenvalue weighted by Gasteiger charge is 2.20. The van der Waals surface area contributed by atoms with Gasteiger partial charge in [0.25, 0.3) is 0 Å². The third-order valence-corrected chi connectivity index (χ3v) is 6.09. The van der Waals surface area contributed by atoms with Gasteiger partial charge in [0.1, 0.15) is 5.82 Å². The van der Waals surface area contributed by atoms with Crippen molar-refractivity contribution in [2.75, 3.05) is 5.73 Å². The van der Waals surface area contributed by atoms with Crippen LogP contribution in [0.25, 0.3) is 16.9 Å². The number of rotatable bonds is 4. The SMILES string of the molecule is Nc1cc(-c2ccccc2)nc2c(CS(=O)(=O)c3ccc(Cl)cc3)cnn12. The summed E-state index contributed by atoms with van der Waals surface area (Å²) in [5.41, 5.74) is 8.55. The molecule has 0 fully saturated rings. The van der Waals surface area contributed by atoms with Gasteiger partial charge in [-0.1, -0.05) is 41.9 Å². The van der Waals surface area contributed by atoms with Crippen LogP contribution in [-0.4, -0.2) is 23.0 Å². The fraction of sp³-hybridized carbons (Fsp3) is 0.0526. The Labute approximate surface area is 161 Å². The summed E-state index contributed by atoms with van der Waals surface area (Å²) < 4.78 is 27.0. The van der Waals surface area contributed by atoms with Gasteiger partial charge >= 0.3 is 0 Å². The quantitative estimate of drug-likeness (QED) is 0.567. The Kier molecular flexibility index (Phi) is 4.33. The molecule has 0 spiro atoms. The van der Waals surface area contributed by atoms with E-state index >= 15 is 0 Å². The molecular weight excluding hydrogens is 384 g/mol. The van der Waals surface area contributed by atoms with Gasteiger partial charge in [0, 0.05) is 22.2 Å². The summed E-state index contributed by atoms with van der Waals surface area (Å²) in [6.07, 6.45) is 1.49. The van der Waals surface area contributed by atoms with Gasteiger partial charge in [0.2, 0.25) is 0 Å². The van der Waals surface area contributed by atoms with Crippen LogP contribution in [0.3, 0.4) is 0 Å². The highest BCUT2D eigenvalue weighted by molar-refractivity contribution is 7.90. The molecule has 0 unspecified atom stereocenters. The predicted octanol–water partition coefficient (Wildman–Crippen LogP) is 3.61. The molecule has 0 atom stereocenters. The van der Waals surface area contributed by atoms with E-state index in [1.807, 2.05) is 30.3 Å². The Balaban J connectivity index is 1.78. The Bertz CT molecular complexity index is 1220. The van der Waals surface area contributed by atoms with E-state index in [-0.39, 0.29) is 10.6 Å². The highest BCUT2D eigenvalue weighted by atomic mass is 35.5. The van der Waals surface area contributed by atoms with Gasteiger partial charge in [-0.25, -0.2) is 13.4 Å². The lowest BCUT2D eigenvalue weighted by molar-refractivity contribution is 0.595. The first kappa shape index (κ1) is 17.5. The molecule has 136 valence electrons. The van der Waals surface area contributed by atoms with Crippen molar-refractivity contribution in [3.63, 3.8) is 0 Å². The smallest absolute Gasteiger partial charge is 0.182 e. The zero-order chi connectivity index (χ0) is 19.0. The molecule has 4 aromatic rings. The number of halogens is 1. The molecule has 27 heavy (non-hydrogen) atoms. The van der Waals surface area contributed by atoms with E-state index in [0.717, 1.165) is 5.56 Å². The highest BCUT2D eigenvalue weighted by Crippen LogP contribution is 2.25. The standard InChI is InChI=1S/C19H15ClN4O2S/c20-15-6-8-16(9-7-15)27(25,26)12-14-11-22-24-18(21)10-17(23-19(14)24)13-4-2-1-3-5-13/h1-11H,12,21H2. The van der Waals surface area contributed by atoms with Crippen molar-refractivity contribution in [2.45, 2.75) is 10.6 Å². The van der Waals surface area contributed by atoms with Gasteiger partial charge in [-0.2, -0.15) is 9.61 Å². The van der Waals surface area contributed by atoms with Crippen LogP contribution in [0.4, 0.5) is 5.82 Å². The van der Waals surface area contributed by atoms with Crippen LogP contribution in [0.15, 0.2) is 71.8 Å². The normalized spacial score (nSPS) is 11.7. The number of hydrogen-bond donors (Lipinski definition) is 1. The number of hydrogen-bond acceptors (Lipinski definition) is 5. The maximum Gasteiger partial charge on any atom is 0.182 e. The molecule has 0 amide bonds. The molecule has 0 bridgehead atoms. The summed E-state index contributed by atoms with van der Waals surface area (Å²) in [5, 5.41) is 4.67. The third kappa shape index (κ3) is 3.39. The second kappa shape index (κ2) is 6.68. The fourth-order valence-corrected chi connectivity index (χ4v) is 4.28. The van der Waals surface area contributed by atoms with Crippen molar-refractivity contribution in [1.82, 2.24) is 14.6 Å². The van der Waals surface area contributed by atoms with Crippen LogP contribution in [0.5, 0.6) is 0 Å². The lowest BCUT2D eigenvalue weighted by Crippen LogP contribution is -2.06. The first-order valence-corrected chi connectivity index (χ1v) is 10.1. The van der Waals surface area contributed by atoms with Gasteiger partial charge in [-0.05, 0) is 24.3 Å². The van der Waals surface area contributed by atoms with Crippen LogP contribution in [0.1, 0.15) is 5.56 Å². The molecular formula is C19H15ClN4O2S. The first-order chi connectivity index (χ1) is 12.9. The van der Waals surface area contributed by atoms with Crippen molar-refractivity contribution < 1.29 is 8.42 Å². The van der Waals surface area contributed by atoms with Crippen LogP contribution < -0.4 is 5.73 Å². The number of benzene rings is 2. The maximum absolute atomic E-state index is 12.8. The van der Waals surface area contributed by atoms with Gasteiger partial charge in [0.15, 0.2) is 15.5 Å². The van der Waals surface area contributed by atoms with E-state index in [0.29, 0.717) is 27.7 Å². The van der Waals surface area contributed by atoms with E-state index in [9.17, 15) is 8.42 Å². The maximum atomic E-state index is 12.8. The van der Waals surface area contributed by atoms with E-state index in [1.54, 1.807) is 18.2 Å². The molecule has 0 aliphatic heterocycles. The number of fused-ring (bicyclic) bond motifs is 1. The van der Waals surface area contributed by atoms with E-state index in [2.05, 4.69) is 10.1 Å². The Hall–Kier alpha value is -2.90. The van der Waals surface area contributed by atoms with E-state index in [4.69, 9.17) is 17.3 Å². The molecule has 2 aromatic carbocycles. The van der Waals surface area contributed by atoms with Crippen LogP contribution >= 0.6 is 11.6 Å². The zero-order valence-corrected chi connectivity index (χ0v) is 15.7. The molecule has 0 saturated heterocycles. The average molecular weight is 399 g/mol. The lowest BCUT2D eigenvalue weighted by Gasteiger charge is -2.07. The number of nitrogens with zero attached hydrogens (tertiary/aromatic N) is 3. The van der Waals surface area contributed by atoms with Crippen molar-refractivity contribution >= 4 is 32.9 Å². The third-order valence-electron chi connectivity index (χ3n) is 4.16. The number of nitrogens with two attached hydrogens (primary N) is 1. The summed E-state index contributed by atoms with van der Waals surface area (Å²) in [6.45, 7) is 0. The number of sulfone groups is 1. The second-order valence-corrected chi connectivity index (χ2v) is 8.48. The molecule has 0 aliphatic carbocycles. The molecule has 0 saturated carbocycles. The summed E-state index contributed by atoms with van der Waals surface area (Å²) in [7, 11) is -3.57. The second-order valence-electron chi connectivity index (χ2n) is 6.05. The predicted molar refractivity (Wildman–Crippen MR) is 105 cm³/mol. The summed E-state index contributed by atoms with van der Waals surface area (Å²) in [5.74, 6) is 0.150. The summed E-state index contributed by atoms with van der Waals surface area (Å²) in [6, 6.07) is 17.3. The van der Waals surface area contributed by atoms with E-state index in [1.165, 1.54) is 22.8 Å². The molecule has 2 heterocycles. The van der Waals surface area contributed by atoms with Gasteiger partial charge in [0.05, 0.1) is 22.5 Å². The molecule has 2 N–H and O–H groups in total. The Morgan fingerprint density at radius 3 is 2.44 bits per heavy atom. The molecule has 0 radical (unpaired) electrons. The summed E-state index contributed by atoms with van der Waals surface area (Å²) >= 11 is 5.84. The average Bonchev–Trinajstić information content (AvgIpc) is 3.05. The van der Waals surface area contributed by atoms with Gasteiger partial charge in [-0.15, -0.1) is 0 Å². The first-order valence-electron chi connectivity index (χ1n) is 8.11. The molecule has 8 heteroatoms. The molecule has 2 aromatic heterocycles. The Morgan fingerprint density at radius 1 is 1.04 bits per heavy atom. The van der Waals surface area contributed by atoms with Gasteiger partial charge in [-0.3, -0.25) is 0 Å². The largest absolute Gasteiger partial charge is 0.384 e. The summed E-state index contributed by atoms with van der Waals surface area (Å²) in [4.78, 5) is 4.79. The van der Waals surface area contributed by atoms with Crippen molar-refractivity contribution in [2.24, 2.45) is 0 Å². The Morgan fingerprint density at radius 2 is 1.74 bits per heavy atom. The van der Waals surface area contributed by atoms with Crippen LogP contribution in [0, 0.1) is 0 Å². The van der Waals surface area contributed by atoms with Crippen molar-refractivity contribution in [3.8, 4) is 11.3 Å². The van der Waals surface area contributed by atoms with E-state index < -0.39 is 9.84 Å². The minimum atomic E-state index is -3.57.